The van der Waals surface area contributed by atoms with Gasteiger partial charge in [0, 0.05) is 6.04 Å². The zero-order valence-corrected chi connectivity index (χ0v) is 8.11. The maximum atomic E-state index is 11.6. The van der Waals surface area contributed by atoms with Gasteiger partial charge in [-0.1, -0.05) is 0 Å². The molecule has 0 aromatic carbocycles. The fraction of sp³-hybridized carbons (Fsp3) is 0.500. The predicted molar refractivity (Wildman–Crippen MR) is 52.1 cm³/mol. The topological polar surface area (TPSA) is 82.8 Å². The number of nitrogens with one attached hydrogen (secondary N) is 2. The van der Waals surface area contributed by atoms with E-state index >= 15 is 0 Å². The Balaban J connectivity index is 2.37. The molecular weight excluding hydrogens is 182 g/mol. The van der Waals surface area contributed by atoms with Gasteiger partial charge in [0.05, 0.1) is 6.34 Å². The second-order valence-electron chi connectivity index (χ2n) is 3.55. The molecule has 0 radical (unpaired) electrons. The Labute approximate surface area is 81.8 Å². The molecule has 76 valence electrons. The summed E-state index contributed by atoms with van der Waals surface area (Å²) in [4.78, 5) is 17.4. The Morgan fingerprint density at radius 1 is 1.64 bits per heavy atom. The second kappa shape index (κ2) is 2.90. The molecule has 0 bridgehead atoms. The molecule has 6 nitrogen and oxygen atoms in total. The van der Waals surface area contributed by atoms with Crippen LogP contribution in [0.3, 0.4) is 0 Å². The normalized spacial score (nSPS) is 25.2. The molecule has 6 heteroatoms. The van der Waals surface area contributed by atoms with E-state index in [9.17, 15) is 4.79 Å². The van der Waals surface area contributed by atoms with Crippen LogP contribution in [0.1, 0.15) is 13.8 Å². The molecule has 0 aromatic heterocycles. The van der Waals surface area contributed by atoms with Crippen LogP contribution in [0.4, 0.5) is 4.79 Å². The number of fused-ring (bicyclic) bond motifs is 1. The Kier molecular flexibility index (Phi) is 1.83. The van der Waals surface area contributed by atoms with Gasteiger partial charge in [0.15, 0.2) is 6.17 Å². The largest absolute Gasteiger partial charge is 0.384 e. The van der Waals surface area contributed by atoms with Gasteiger partial charge in [0.1, 0.15) is 11.5 Å². The van der Waals surface area contributed by atoms with Crippen LogP contribution in [-0.2, 0) is 0 Å². The van der Waals surface area contributed by atoms with Gasteiger partial charge in [0.25, 0.3) is 0 Å². The molecule has 0 aliphatic carbocycles. The van der Waals surface area contributed by atoms with E-state index in [1.807, 2.05) is 13.8 Å². The molecule has 0 saturated carbocycles. The standard InChI is InChI=1S/C8H13N5O/c1-4(2)13-7-5(10-3-11-7)6(9)12-8(13)14/h3-4,7H,9H2,1-2H3,(H,10,11)(H,12,14). The van der Waals surface area contributed by atoms with Crippen LogP contribution in [0.15, 0.2) is 16.5 Å². The van der Waals surface area contributed by atoms with E-state index < -0.39 is 0 Å². The van der Waals surface area contributed by atoms with Gasteiger partial charge >= 0.3 is 6.03 Å². The molecule has 0 fully saturated rings. The van der Waals surface area contributed by atoms with E-state index in [0.717, 1.165) is 5.70 Å². The van der Waals surface area contributed by atoms with Gasteiger partial charge in [-0.05, 0) is 13.8 Å². The molecule has 2 amide bonds. The molecule has 0 spiro atoms. The molecule has 14 heavy (non-hydrogen) atoms. The summed E-state index contributed by atoms with van der Waals surface area (Å²) in [5.74, 6) is 0.356. The van der Waals surface area contributed by atoms with Crippen molar-refractivity contribution in [2.75, 3.05) is 0 Å². The summed E-state index contributed by atoms with van der Waals surface area (Å²) >= 11 is 0. The van der Waals surface area contributed by atoms with Crippen LogP contribution in [0.5, 0.6) is 0 Å². The number of hydrogen-bond donors (Lipinski definition) is 3. The molecule has 1 atom stereocenters. The Hall–Kier alpha value is -1.72. The van der Waals surface area contributed by atoms with Gasteiger partial charge < -0.3 is 11.1 Å². The first-order valence-electron chi connectivity index (χ1n) is 4.48. The van der Waals surface area contributed by atoms with E-state index in [4.69, 9.17) is 5.73 Å². The number of rotatable bonds is 1. The molecule has 2 aliphatic heterocycles. The fourth-order valence-electron chi connectivity index (χ4n) is 1.63. The van der Waals surface area contributed by atoms with Crippen molar-refractivity contribution in [1.82, 2.24) is 15.5 Å². The van der Waals surface area contributed by atoms with Crippen molar-refractivity contribution in [2.45, 2.75) is 26.1 Å². The Morgan fingerprint density at radius 2 is 2.36 bits per heavy atom. The number of aliphatic imine (C=N–C) groups is 1. The molecule has 2 rings (SSSR count). The van der Waals surface area contributed by atoms with Crippen LogP contribution in [0.2, 0.25) is 0 Å². The summed E-state index contributed by atoms with van der Waals surface area (Å²) in [5.41, 5.74) is 6.40. The maximum absolute atomic E-state index is 11.6. The number of urea groups is 1. The zero-order chi connectivity index (χ0) is 10.3. The quantitative estimate of drug-likeness (QED) is 0.527. The maximum Gasteiger partial charge on any atom is 0.325 e. The molecule has 2 heterocycles. The first kappa shape index (κ1) is 8.86. The summed E-state index contributed by atoms with van der Waals surface area (Å²) in [7, 11) is 0. The third-order valence-corrected chi connectivity index (χ3v) is 2.28. The summed E-state index contributed by atoms with van der Waals surface area (Å²) < 4.78 is 0. The predicted octanol–water partition coefficient (Wildman–Crippen LogP) is -0.495. The highest BCUT2D eigenvalue weighted by Crippen LogP contribution is 2.21. The summed E-state index contributed by atoms with van der Waals surface area (Å²) in [6, 6.07) is -0.118. The van der Waals surface area contributed by atoms with Crippen molar-refractivity contribution in [3.05, 3.63) is 11.5 Å². The Morgan fingerprint density at radius 3 is 3.00 bits per heavy atom. The third-order valence-electron chi connectivity index (χ3n) is 2.28. The minimum Gasteiger partial charge on any atom is -0.384 e. The molecule has 0 aromatic rings. The van der Waals surface area contributed by atoms with Gasteiger partial charge in [-0.15, -0.1) is 0 Å². The van der Waals surface area contributed by atoms with Gasteiger partial charge in [-0.2, -0.15) is 0 Å². The van der Waals surface area contributed by atoms with Crippen molar-refractivity contribution in [2.24, 2.45) is 10.7 Å². The highest BCUT2D eigenvalue weighted by Gasteiger charge is 2.36. The van der Waals surface area contributed by atoms with Gasteiger partial charge in [-0.3, -0.25) is 10.2 Å². The SMILES string of the molecule is CC(C)N1C(=O)NC(N)=C2NC=NC21. The minimum atomic E-state index is -0.288. The summed E-state index contributed by atoms with van der Waals surface area (Å²) in [6.07, 6.45) is 1.27. The molecule has 1 unspecified atom stereocenters. The van der Waals surface area contributed by atoms with E-state index in [0.29, 0.717) is 5.82 Å². The number of hydrogen-bond acceptors (Lipinski definition) is 4. The summed E-state index contributed by atoms with van der Waals surface area (Å²) in [6.45, 7) is 3.87. The number of nitrogens with zero attached hydrogens (tertiary/aromatic N) is 2. The molecule has 2 aliphatic rings. The fourth-order valence-corrected chi connectivity index (χ4v) is 1.63. The van der Waals surface area contributed by atoms with Crippen LogP contribution in [-0.4, -0.2) is 29.5 Å². The van der Waals surface area contributed by atoms with E-state index in [1.165, 1.54) is 0 Å². The van der Waals surface area contributed by atoms with Crippen molar-refractivity contribution in [1.29, 1.82) is 0 Å². The highest BCUT2D eigenvalue weighted by molar-refractivity contribution is 5.80. The molecular formula is C8H13N5O. The lowest BCUT2D eigenvalue weighted by Crippen LogP contribution is -2.55. The highest BCUT2D eigenvalue weighted by atomic mass is 16.2. The average molecular weight is 195 g/mol. The van der Waals surface area contributed by atoms with Crippen molar-refractivity contribution < 1.29 is 4.79 Å². The Bertz CT molecular complexity index is 333. The second-order valence-corrected chi connectivity index (χ2v) is 3.55. The number of nitrogens with two attached hydrogens (primary N) is 1. The van der Waals surface area contributed by atoms with Crippen molar-refractivity contribution in [3.8, 4) is 0 Å². The number of carbonyl (C=O) groups excluding carboxylic acids is 1. The first-order chi connectivity index (χ1) is 6.61. The zero-order valence-electron chi connectivity index (χ0n) is 8.11. The lowest BCUT2D eigenvalue weighted by molar-refractivity contribution is 0.163. The van der Waals surface area contributed by atoms with E-state index in [-0.39, 0.29) is 18.2 Å². The van der Waals surface area contributed by atoms with Crippen molar-refractivity contribution >= 4 is 12.4 Å². The van der Waals surface area contributed by atoms with Gasteiger partial charge in [-0.25, -0.2) is 9.79 Å². The number of amides is 2. The van der Waals surface area contributed by atoms with Crippen LogP contribution in [0.25, 0.3) is 0 Å². The van der Waals surface area contributed by atoms with E-state index in [1.54, 1.807) is 11.2 Å². The molecule has 0 saturated heterocycles. The summed E-state index contributed by atoms with van der Waals surface area (Å²) in [5, 5.41) is 5.50. The number of carbonyl (C=O) groups is 1. The smallest absolute Gasteiger partial charge is 0.325 e. The third kappa shape index (κ3) is 1.11. The monoisotopic (exact) mass is 195 g/mol. The van der Waals surface area contributed by atoms with Crippen LogP contribution >= 0.6 is 0 Å². The van der Waals surface area contributed by atoms with Gasteiger partial charge in [0.2, 0.25) is 0 Å². The van der Waals surface area contributed by atoms with Crippen LogP contribution < -0.4 is 16.4 Å². The van der Waals surface area contributed by atoms with Crippen LogP contribution in [0, 0.1) is 0 Å². The van der Waals surface area contributed by atoms with Crippen molar-refractivity contribution in [3.63, 3.8) is 0 Å². The lowest BCUT2D eigenvalue weighted by Gasteiger charge is -2.35. The minimum absolute atomic E-state index is 0.0835. The average Bonchev–Trinajstić information content (AvgIpc) is 2.51. The van der Waals surface area contributed by atoms with E-state index in [2.05, 4.69) is 15.6 Å². The first-order valence-corrected chi connectivity index (χ1v) is 4.48. The lowest BCUT2D eigenvalue weighted by atomic mass is 10.2. The molecule has 4 N–H and O–H groups in total.